The van der Waals surface area contributed by atoms with Crippen molar-refractivity contribution in [3.05, 3.63) is 114 Å². The number of carbonyl (C=O) groups is 2. The third kappa shape index (κ3) is 5.64. The smallest absolute Gasteiger partial charge is 0.275 e. The van der Waals surface area contributed by atoms with Crippen molar-refractivity contribution in [1.82, 2.24) is 10.3 Å². The molecule has 1 heterocycles. The first-order chi connectivity index (χ1) is 18.1. The second kappa shape index (κ2) is 11.2. The summed E-state index contributed by atoms with van der Waals surface area (Å²) in [5.74, 6) is -1.02. The van der Waals surface area contributed by atoms with Crippen LogP contribution in [0.25, 0.3) is 11.3 Å². The van der Waals surface area contributed by atoms with Crippen molar-refractivity contribution in [2.75, 3.05) is 4.90 Å². The molecule has 2 amide bonds. The molecule has 1 saturated carbocycles. The molecule has 0 bridgehead atoms. The molecule has 0 spiro atoms. The lowest BCUT2D eigenvalue weighted by Crippen LogP contribution is -2.47. The maximum atomic E-state index is 14.1. The van der Waals surface area contributed by atoms with E-state index in [0.29, 0.717) is 16.9 Å². The molecule has 0 aliphatic heterocycles. The number of para-hydroxylation sites is 1. The van der Waals surface area contributed by atoms with E-state index in [0.717, 1.165) is 36.9 Å². The van der Waals surface area contributed by atoms with Crippen molar-refractivity contribution in [3.8, 4) is 11.3 Å². The predicted molar refractivity (Wildman–Crippen MR) is 144 cm³/mol. The van der Waals surface area contributed by atoms with Gasteiger partial charge in [0, 0.05) is 17.4 Å². The number of nitrogens with one attached hydrogen (secondary N) is 2. The molecule has 0 unspecified atom stereocenters. The Labute approximate surface area is 216 Å². The van der Waals surface area contributed by atoms with Crippen LogP contribution >= 0.6 is 0 Å². The van der Waals surface area contributed by atoms with Gasteiger partial charge >= 0.3 is 0 Å². The number of anilines is 1. The first kappa shape index (κ1) is 24.5. The van der Waals surface area contributed by atoms with Crippen LogP contribution in [0, 0.1) is 5.82 Å². The Morgan fingerprint density at radius 3 is 2.14 bits per heavy atom. The molecule has 0 radical (unpaired) electrons. The Balaban J connectivity index is 1.55. The molecule has 4 aromatic rings. The standard InChI is InChI=1S/C31H30FN3O2/c32-24-18-16-23(17-19-24)29(30(36)33-25-12-6-2-7-13-25)35(26-14-8-3-9-15-26)31(37)28-21-20-27(34-28)22-10-4-1-5-11-22/h1,3-5,8-11,14-21,25,29,34H,2,6-7,12-13H2,(H,33,36)/t29-/m1/s1. The molecular formula is C31H30FN3O2. The lowest BCUT2D eigenvalue weighted by molar-refractivity contribution is -0.123. The minimum absolute atomic E-state index is 0.0621. The number of hydrogen-bond acceptors (Lipinski definition) is 2. The van der Waals surface area contributed by atoms with Crippen LogP contribution in [0.2, 0.25) is 0 Å². The first-order valence-electron chi connectivity index (χ1n) is 12.8. The highest BCUT2D eigenvalue weighted by Gasteiger charge is 2.35. The molecule has 1 aromatic heterocycles. The van der Waals surface area contributed by atoms with Crippen molar-refractivity contribution >= 4 is 17.5 Å². The number of nitrogens with zero attached hydrogens (tertiary/aromatic N) is 1. The quantitative estimate of drug-likeness (QED) is 0.301. The molecule has 5 nitrogen and oxygen atoms in total. The number of amides is 2. The van der Waals surface area contributed by atoms with Gasteiger partial charge in [-0.3, -0.25) is 14.5 Å². The van der Waals surface area contributed by atoms with Crippen LogP contribution in [0.3, 0.4) is 0 Å². The zero-order valence-corrected chi connectivity index (χ0v) is 20.6. The maximum Gasteiger partial charge on any atom is 0.275 e. The average molecular weight is 496 g/mol. The fourth-order valence-electron chi connectivity index (χ4n) is 5.00. The van der Waals surface area contributed by atoms with E-state index in [-0.39, 0.29) is 17.9 Å². The molecule has 2 N–H and O–H groups in total. The number of carbonyl (C=O) groups excluding carboxylic acids is 2. The van der Waals surface area contributed by atoms with E-state index in [1.165, 1.54) is 23.5 Å². The number of halogens is 1. The summed E-state index contributed by atoms with van der Waals surface area (Å²) >= 11 is 0. The normalized spacial score (nSPS) is 14.6. The van der Waals surface area contributed by atoms with Crippen molar-refractivity contribution in [2.24, 2.45) is 0 Å². The lowest BCUT2D eigenvalue weighted by atomic mass is 9.94. The van der Waals surface area contributed by atoms with Crippen molar-refractivity contribution in [2.45, 2.75) is 44.2 Å². The molecular weight excluding hydrogens is 465 g/mol. The molecule has 1 aliphatic rings. The predicted octanol–water partition coefficient (Wildman–Crippen LogP) is 6.66. The van der Waals surface area contributed by atoms with E-state index in [1.54, 1.807) is 18.2 Å². The Kier molecular flexibility index (Phi) is 7.45. The van der Waals surface area contributed by atoms with Crippen LogP contribution < -0.4 is 10.2 Å². The van der Waals surface area contributed by atoms with E-state index < -0.39 is 11.9 Å². The van der Waals surface area contributed by atoms with Crippen LogP contribution in [0.15, 0.2) is 97.1 Å². The van der Waals surface area contributed by atoms with Crippen molar-refractivity contribution in [1.29, 1.82) is 0 Å². The molecule has 188 valence electrons. The summed E-state index contributed by atoms with van der Waals surface area (Å²) in [5.41, 5.74) is 3.25. The molecule has 5 rings (SSSR count). The Hall–Kier alpha value is -4.19. The van der Waals surface area contributed by atoms with Crippen LogP contribution in [-0.2, 0) is 4.79 Å². The Morgan fingerprint density at radius 2 is 1.46 bits per heavy atom. The largest absolute Gasteiger partial charge is 0.351 e. The molecule has 0 saturated heterocycles. The third-order valence-electron chi connectivity index (χ3n) is 6.90. The molecule has 1 atom stereocenters. The minimum atomic E-state index is -0.971. The second-order valence-corrected chi connectivity index (χ2v) is 9.46. The highest BCUT2D eigenvalue weighted by atomic mass is 19.1. The number of aromatic nitrogens is 1. The fraction of sp³-hybridized carbons (Fsp3) is 0.226. The minimum Gasteiger partial charge on any atom is -0.351 e. The monoisotopic (exact) mass is 495 g/mol. The topological polar surface area (TPSA) is 65.2 Å². The van der Waals surface area contributed by atoms with Crippen LogP contribution in [0.5, 0.6) is 0 Å². The summed E-state index contributed by atoms with van der Waals surface area (Å²) < 4.78 is 13.8. The van der Waals surface area contributed by atoms with Gasteiger partial charge in [-0.25, -0.2) is 4.39 Å². The zero-order chi connectivity index (χ0) is 25.6. The highest BCUT2D eigenvalue weighted by Crippen LogP contribution is 2.31. The van der Waals surface area contributed by atoms with Gasteiger partial charge in [-0.1, -0.05) is 79.9 Å². The van der Waals surface area contributed by atoms with E-state index in [9.17, 15) is 14.0 Å². The van der Waals surface area contributed by atoms with Gasteiger partial charge in [-0.05, 0) is 60.4 Å². The summed E-state index contributed by atoms with van der Waals surface area (Å²) in [7, 11) is 0. The van der Waals surface area contributed by atoms with E-state index >= 15 is 0 Å². The lowest BCUT2D eigenvalue weighted by Gasteiger charge is -2.33. The van der Waals surface area contributed by atoms with Gasteiger partial charge in [0.15, 0.2) is 0 Å². The number of hydrogen-bond donors (Lipinski definition) is 2. The molecule has 1 aliphatic carbocycles. The van der Waals surface area contributed by atoms with E-state index in [1.807, 2.05) is 66.7 Å². The first-order valence-corrected chi connectivity index (χ1v) is 12.8. The van der Waals surface area contributed by atoms with Crippen LogP contribution in [0.4, 0.5) is 10.1 Å². The van der Waals surface area contributed by atoms with Crippen LogP contribution in [0.1, 0.15) is 54.2 Å². The Morgan fingerprint density at radius 1 is 0.811 bits per heavy atom. The summed E-state index contributed by atoms with van der Waals surface area (Å²) in [6.45, 7) is 0. The number of H-pyrrole nitrogens is 1. The van der Waals surface area contributed by atoms with E-state index in [4.69, 9.17) is 0 Å². The summed E-state index contributed by atoms with van der Waals surface area (Å²) in [6, 6.07) is 27.4. The molecule has 6 heteroatoms. The summed E-state index contributed by atoms with van der Waals surface area (Å²) in [6.07, 6.45) is 5.13. The third-order valence-corrected chi connectivity index (χ3v) is 6.90. The van der Waals surface area contributed by atoms with Gasteiger partial charge < -0.3 is 10.3 Å². The highest BCUT2D eigenvalue weighted by molar-refractivity contribution is 6.09. The maximum absolute atomic E-state index is 14.1. The van der Waals surface area contributed by atoms with Gasteiger partial charge in [0.1, 0.15) is 17.6 Å². The SMILES string of the molecule is O=C(NC1CCCCC1)[C@@H](c1ccc(F)cc1)N(C(=O)c1ccc(-c2ccccc2)[nH]1)c1ccccc1. The van der Waals surface area contributed by atoms with E-state index in [2.05, 4.69) is 10.3 Å². The zero-order valence-electron chi connectivity index (χ0n) is 20.6. The van der Waals surface area contributed by atoms with Gasteiger partial charge in [-0.2, -0.15) is 0 Å². The van der Waals surface area contributed by atoms with Crippen LogP contribution in [-0.4, -0.2) is 22.8 Å². The van der Waals surface area contributed by atoms with Gasteiger partial charge in [0.25, 0.3) is 5.91 Å². The number of aromatic amines is 1. The van der Waals surface area contributed by atoms with Gasteiger partial charge in [0.05, 0.1) is 0 Å². The number of benzene rings is 3. The van der Waals surface area contributed by atoms with Gasteiger partial charge in [0.2, 0.25) is 5.91 Å². The van der Waals surface area contributed by atoms with Crippen molar-refractivity contribution in [3.63, 3.8) is 0 Å². The fourth-order valence-corrected chi connectivity index (χ4v) is 5.00. The molecule has 1 fully saturated rings. The summed E-state index contributed by atoms with van der Waals surface area (Å²) in [5, 5.41) is 3.18. The second-order valence-electron chi connectivity index (χ2n) is 9.46. The molecule has 37 heavy (non-hydrogen) atoms. The Bertz CT molecular complexity index is 1330. The van der Waals surface area contributed by atoms with Crippen molar-refractivity contribution < 1.29 is 14.0 Å². The molecule has 3 aromatic carbocycles. The van der Waals surface area contributed by atoms with Gasteiger partial charge in [-0.15, -0.1) is 0 Å². The summed E-state index contributed by atoms with van der Waals surface area (Å²) in [4.78, 5) is 32.7. The number of rotatable bonds is 7. The average Bonchev–Trinajstić information content (AvgIpc) is 3.44.